The highest BCUT2D eigenvalue weighted by atomic mass is 19.1. The molecule has 2 rings (SSSR count). The smallest absolute Gasteiger partial charge is 0.276 e. The molecule has 0 spiro atoms. The molecule has 142 valence electrons. The Balaban J connectivity index is 1.82. The number of ether oxygens (including phenoxy) is 3. The number of hydrazine groups is 1. The molecule has 8 heteroatoms. The van der Waals surface area contributed by atoms with Crippen molar-refractivity contribution in [3.63, 3.8) is 0 Å². The zero-order valence-corrected chi connectivity index (χ0v) is 14.8. The van der Waals surface area contributed by atoms with Gasteiger partial charge in [-0.1, -0.05) is 12.1 Å². The van der Waals surface area contributed by atoms with Gasteiger partial charge in [0.1, 0.15) is 11.6 Å². The molecule has 2 N–H and O–H groups in total. The van der Waals surface area contributed by atoms with Crippen molar-refractivity contribution in [1.29, 1.82) is 0 Å². The maximum atomic E-state index is 12.8. The fourth-order valence-corrected chi connectivity index (χ4v) is 2.10. The summed E-state index contributed by atoms with van der Waals surface area (Å²) in [5.41, 5.74) is 5.07. The van der Waals surface area contributed by atoms with Crippen molar-refractivity contribution < 1.29 is 28.2 Å². The molecule has 0 fully saturated rings. The van der Waals surface area contributed by atoms with E-state index >= 15 is 0 Å². The number of hydrogen-bond donors (Lipinski definition) is 2. The molecule has 27 heavy (non-hydrogen) atoms. The molecule has 0 aliphatic carbocycles. The molecule has 0 radical (unpaired) electrons. The second-order valence-electron chi connectivity index (χ2n) is 5.20. The van der Waals surface area contributed by atoms with Gasteiger partial charge in [-0.3, -0.25) is 20.4 Å². The maximum absolute atomic E-state index is 12.8. The third-order valence-electron chi connectivity index (χ3n) is 3.36. The van der Waals surface area contributed by atoms with Crippen LogP contribution in [0.15, 0.2) is 48.5 Å². The van der Waals surface area contributed by atoms with Crippen LogP contribution in [0.1, 0.15) is 5.56 Å². The average Bonchev–Trinajstić information content (AvgIpc) is 2.69. The van der Waals surface area contributed by atoms with E-state index in [1.54, 1.807) is 18.2 Å². The van der Waals surface area contributed by atoms with Gasteiger partial charge in [0, 0.05) is 11.6 Å². The standard InChI is InChI=1S/C19H19FN2O5/c1-25-16-5-3-4-13(19(16)26-2)6-11-17(23)21-22-18(24)12-27-15-9-7-14(20)8-10-15/h3-11H,12H2,1-2H3,(H,21,23)(H,22,24)/b11-6+. The monoisotopic (exact) mass is 374 g/mol. The van der Waals surface area contributed by atoms with Gasteiger partial charge in [-0.05, 0) is 36.4 Å². The highest BCUT2D eigenvalue weighted by Gasteiger charge is 2.08. The normalized spacial score (nSPS) is 10.3. The first-order valence-electron chi connectivity index (χ1n) is 7.89. The van der Waals surface area contributed by atoms with Crippen molar-refractivity contribution in [2.75, 3.05) is 20.8 Å². The predicted octanol–water partition coefficient (Wildman–Crippen LogP) is 2.08. The van der Waals surface area contributed by atoms with Crippen LogP contribution in [-0.2, 0) is 9.59 Å². The van der Waals surface area contributed by atoms with E-state index in [4.69, 9.17) is 14.2 Å². The lowest BCUT2D eigenvalue weighted by atomic mass is 10.1. The Morgan fingerprint density at radius 1 is 1.04 bits per heavy atom. The molecule has 0 unspecified atom stereocenters. The van der Waals surface area contributed by atoms with E-state index in [2.05, 4.69) is 10.9 Å². The lowest BCUT2D eigenvalue weighted by Gasteiger charge is -2.10. The van der Waals surface area contributed by atoms with E-state index in [1.165, 1.54) is 50.6 Å². The molecule has 2 amide bonds. The Labute approximate surface area is 155 Å². The minimum atomic E-state index is -0.569. The number of para-hydroxylation sites is 1. The first-order chi connectivity index (χ1) is 13.0. The number of nitrogens with one attached hydrogen (secondary N) is 2. The predicted molar refractivity (Wildman–Crippen MR) is 96.8 cm³/mol. The van der Waals surface area contributed by atoms with Crippen LogP contribution < -0.4 is 25.1 Å². The molecule has 0 aliphatic heterocycles. The quantitative estimate of drug-likeness (QED) is 0.573. The van der Waals surface area contributed by atoms with Crippen molar-refractivity contribution in [3.8, 4) is 17.2 Å². The summed E-state index contributed by atoms with van der Waals surface area (Å²) in [6.07, 6.45) is 2.76. The summed E-state index contributed by atoms with van der Waals surface area (Å²) in [5.74, 6) is -0.163. The van der Waals surface area contributed by atoms with Crippen molar-refractivity contribution in [1.82, 2.24) is 10.9 Å². The topological polar surface area (TPSA) is 85.9 Å². The van der Waals surface area contributed by atoms with E-state index in [9.17, 15) is 14.0 Å². The summed E-state index contributed by atoms with van der Waals surface area (Å²) < 4.78 is 28.4. The highest BCUT2D eigenvalue weighted by Crippen LogP contribution is 2.31. The third-order valence-corrected chi connectivity index (χ3v) is 3.36. The summed E-state index contributed by atoms with van der Waals surface area (Å²) in [4.78, 5) is 23.5. The second-order valence-corrected chi connectivity index (χ2v) is 5.20. The molecule has 0 saturated carbocycles. The van der Waals surface area contributed by atoms with E-state index in [0.29, 0.717) is 22.8 Å². The Morgan fingerprint density at radius 2 is 1.78 bits per heavy atom. The van der Waals surface area contributed by atoms with Gasteiger partial charge in [-0.25, -0.2) is 4.39 Å². The van der Waals surface area contributed by atoms with E-state index < -0.39 is 17.6 Å². The van der Waals surface area contributed by atoms with Crippen LogP contribution >= 0.6 is 0 Å². The number of carbonyl (C=O) groups excluding carboxylic acids is 2. The summed E-state index contributed by atoms with van der Waals surface area (Å²) in [7, 11) is 3.01. The van der Waals surface area contributed by atoms with Gasteiger partial charge in [-0.2, -0.15) is 0 Å². The molecule has 0 atom stereocenters. The molecular weight excluding hydrogens is 355 g/mol. The number of methoxy groups -OCH3 is 2. The maximum Gasteiger partial charge on any atom is 0.276 e. The average molecular weight is 374 g/mol. The molecule has 0 aliphatic rings. The largest absolute Gasteiger partial charge is 0.493 e. The van der Waals surface area contributed by atoms with E-state index in [0.717, 1.165) is 0 Å². The summed E-state index contributed by atoms with van der Waals surface area (Å²) in [6, 6.07) is 10.5. The fourth-order valence-electron chi connectivity index (χ4n) is 2.10. The van der Waals surface area contributed by atoms with Gasteiger partial charge in [0.15, 0.2) is 18.1 Å². The molecule has 7 nitrogen and oxygen atoms in total. The Hall–Kier alpha value is -3.55. The number of halogens is 1. The molecule has 0 aromatic heterocycles. The lowest BCUT2D eigenvalue weighted by Crippen LogP contribution is -2.43. The molecule has 0 saturated heterocycles. The number of carbonyl (C=O) groups is 2. The van der Waals surface area contributed by atoms with Crippen molar-refractivity contribution in [2.45, 2.75) is 0 Å². The fraction of sp³-hybridized carbons (Fsp3) is 0.158. The van der Waals surface area contributed by atoms with E-state index in [-0.39, 0.29) is 6.61 Å². The van der Waals surface area contributed by atoms with E-state index in [1.807, 2.05) is 0 Å². The number of hydrogen-bond acceptors (Lipinski definition) is 5. The van der Waals surface area contributed by atoms with Crippen LogP contribution in [0.2, 0.25) is 0 Å². The third kappa shape index (κ3) is 6.03. The van der Waals surface area contributed by atoms with Crippen LogP contribution in [-0.4, -0.2) is 32.6 Å². The summed E-state index contributed by atoms with van der Waals surface area (Å²) >= 11 is 0. The zero-order chi connectivity index (χ0) is 19.6. The van der Waals surface area contributed by atoms with Crippen molar-refractivity contribution in [2.24, 2.45) is 0 Å². The van der Waals surface area contributed by atoms with Gasteiger partial charge in [0.25, 0.3) is 11.8 Å². The molecule has 0 bridgehead atoms. The lowest BCUT2D eigenvalue weighted by molar-refractivity contribution is -0.128. The SMILES string of the molecule is COc1cccc(/C=C/C(=O)NNC(=O)COc2ccc(F)cc2)c1OC. The Kier molecular flexibility index (Phi) is 7.18. The Morgan fingerprint density at radius 3 is 2.44 bits per heavy atom. The van der Waals surface area contributed by atoms with Gasteiger partial charge < -0.3 is 14.2 Å². The van der Waals surface area contributed by atoms with Crippen LogP contribution in [0.4, 0.5) is 4.39 Å². The van der Waals surface area contributed by atoms with Crippen LogP contribution in [0.5, 0.6) is 17.2 Å². The van der Waals surface area contributed by atoms with Gasteiger partial charge in [-0.15, -0.1) is 0 Å². The van der Waals surface area contributed by atoms with Crippen molar-refractivity contribution in [3.05, 3.63) is 59.9 Å². The van der Waals surface area contributed by atoms with Crippen LogP contribution in [0.25, 0.3) is 6.08 Å². The first-order valence-corrected chi connectivity index (χ1v) is 7.89. The minimum absolute atomic E-state index is 0.334. The minimum Gasteiger partial charge on any atom is -0.493 e. The van der Waals surface area contributed by atoms with Gasteiger partial charge >= 0.3 is 0 Å². The van der Waals surface area contributed by atoms with Crippen LogP contribution in [0, 0.1) is 5.82 Å². The van der Waals surface area contributed by atoms with Crippen LogP contribution in [0.3, 0.4) is 0 Å². The summed E-state index contributed by atoms with van der Waals surface area (Å²) in [5, 5.41) is 0. The second kappa shape index (κ2) is 9.81. The molecule has 0 heterocycles. The Bertz CT molecular complexity index is 821. The molecule has 2 aromatic rings. The van der Waals surface area contributed by atoms with Crippen molar-refractivity contribution >= 4 is 17.9 Å². The number of amides is 2. The summed E-state index contributed by atoms with van der Waals surface area (Å²) in [6.45, 7) is -0.334. The zero-order valence-electron chi connectivity index (χ0n) is 14.8. The highest BCUT2D eigenvalue weighted by molar-refractivity contribution is 5.93. The molecular formula is C19H19FN2O5. The van der Waals surface area contributed by atoms with Gasteiger partial charge in [0.05, 0.1) is 14.2 Å². The van der Waals surface area contributed by atoms with Gasteiger partial charge in [0.2, 0.25) is 0 Å². The number of rotatable bonds is 7. The number of benzene rings is 2. The molecule has 2 aromatic carbocycles. The first kappa shape index (κ1) is 19.8.